The largest absolute Gasteiger partial charge is 0.408 e. The number of hydrogen-bond donors (Lipinski definition) is 0. The molecule has 4 rings (SSSR count). The molecule has 3 aromatic rings. The van der Waals surface area contributed by atoms with Gasteiger partial charge in [-0.1, -0.05) is 87.5 Å². The Balaban J connectivity index is 1.65. The first-order chi connectivity index (χ1) is 15.6. The van der Waals surface area contributed by atoms with Crippen LogP contribution in [0.5, 0.6) is 0 Å². The van der Waals surface area contributed by atoms with Crippen molar-refractivity contribution < 1.29 is 8.82 Å². The Bertz CT molecular complexity index is 1090. The zero-order chi connectivity index (χ0) is 23.7. The summed E-state index contributed by atoms with van der Waals surface area (Å²) < 4.78 is 22.1. The maximum atomic E-state index is 15.4. The molecule has 33 heavy (non-hydrogen) atoms. The normalized spacial score (nSPS) is 15.2. The van der Waals surface area contributed by atoms with Crippen LogP contribution in [0, 0.1) is 11.2 Å². The molecule has 0 unspecified atom stereocenters. The summed E-state index contributed by atoms with van der Waals surface area (Å²) in [6.45, 7) is 11.2. The molecule has 4 heteroatoms. The summed E-state index contributed by atoms with van der Waals surface area (Å²) in [5.41, 5.74) is 3.87. The monoisotopic (exact) mass is 459 g/mol. The van der Waals surface area contributed by atoms with Gasteiger partial charge in [0.25, 0.3) is 0 Å². The van der Waals surface area contributed by atoms with Gasteiger partial charge >= 0.3 is 0 Å². The molecule has 0 bridgehead atoms. The van der Waals surface area contributed by atoms with E-state index in [1.54, 1.807) is 6.07 Å². The first-order valence-corrected chi connectivity index (χ1v) is 14.9. The Morgan fingerprint density at radius 1 is 0.909 bits per heavy atom. The molecular weight excluding hydrogens is 425 g/mol. The van der Waals surface area contributed by atoms with Gasteiger partial charge in [0, 0.05) is 16.7 Å². The van der Waals surface area contributed by atoms with Gasteiger partial charge in [0.2, 0.25) is 0 Å². The fourth-order valence-electron chi connectivity index (χ4n) is 4.94. The van der Waals surface area contributed by atoms with Gasteiger partial charge in [0.05, 0.1) is 17.0 Å². The molecule has 0 spiro atoms. The zero-order valence-electron chi connectivity index (χ0n) is 20.4. The molecule has 2 nitrogen and oxygen atoms in total. The minimum Gasteiger partial charge on any atom is -0.408 e. The van der Waals surface area contributed by atoms with Crippen molar-refractivity contribution in [1.82, 2.24) is 0 Å². The van der Waals surface area contributed by atoms with Gasteiger partial charge in [-0.15, -0.1) is 0 Å². The van der Waals surface area contributed by atoms with E-state index in [0.717, 1.165) is 35.7 Å². The van der Waals surface area contributed by atoms with Crippen LogP contribution in [0.25, 0.3) is 0 Å². The van der Waals surface area contributed by atoms with Crippen molar-refractivity contribution in [3.63, 3.8) is 0 Å². The summed E-state index contributed by atoms with van der Waals surface area (Å²) in [7, 11) is -1.94. The highest BCUT2D eigenvalue weighted by Crippen LogP contribution is 2.53. The van der Waals surface area contributed by atoms with Crippen LogP contribution < -0.4 is 0 Å². The second-order valence-corrected chi connectivity index (χ2v) is 15.0. The van der Waals surface area contributed by atoms with Crippen LogP contribution in [0.1, 0.15) is 50.3 Å². The van der Waals surface area contributed by atoms with Crippen LogP contribution in [0.4, 0.5) is 10.1 Å². The highest BCUT2D eigenvalue weighted by Gasteiger charge is 2.51. The van der Waals surface area contributed by atoms with E-state index in [9.17, 15) is 0 Å². The van der Waals surface area contributed by atoms with Gasteiger partial charge in [0.1, 0.15) is 5.82 Å². The van der Waals surface area contributed by atoms with Crippen molar-refractivity contribution in [1.29, 1.82) is 0 Å². The molecular formula is C29H34FNOSi. The molecule has 1 saturated carbocycles. The average Bonchev–Trinajstić information content (AvgIpc) is 3.51. The molecule has 3 aromatic carbocycles. The number of aliphatic imine (C=N–C) groups is 1. The van der Waals surface area contributed by atoms with Crippen molar-refractivity contribution in [2.24, 2.45) is 10.4 Å². The zero-order valence-corrected chi connectivity index (χ0v) is 21.4. The molecule has 0 heterocycles. The van der Waals surface area contributed by atoms with Crippen molar-refractivity contribution in [2.75, 3.05) is 0 Å². The van der Waals surface area contributed by atoms with Gasteiger partial charge < -0.3 is 4.43 Å². The fourth-order valence-corrected chi connectivity index (χ4v) is 8.94. The summed E-state index contributed by atoms with van der Waals surface area (Å²) in [6, 6.07) is 26.5. The highest BCUT2D eigenvalue weighted by atomic mass is 28.4. The van der Waals surface area contributed by atoms with Crippen molar-refractivity contribution in [3.05, 3.63) is 101 Å². The summed E-state index contributed by atoms with van der Waals surface area (Å²) in [6.07, 6.45) is 1.76. The molecule has 0 saturated heterocycles. The van der Waals surface area contributed by atoms with Crippen LogP contribution in [-0.4, -0.2) is 14.0 Å². The summed E-state index contributed by atoms with van der Waals surface area (Å²) in [5, 5.41) is 0. The van der Waals surface area contributed by atoms with Crippen LogP contribution >= 0.6 is 0 Å². The van der Waals surface area contributed by atoms with E-state index in [2.05, 4.69) is 33.9 Å². The fraction of sp³-hybridized carbons (Fsp3) is 0.345. The predicted octanol–water partition coefficient (Wildman–Crippen LogP) is 8.25. The number of rotatable bonds is 7. The quantitative estimate of drug-likeness (QED) is 0.257. The van der Waals surface area contributed by atoms with E-state index in [0.29, 0.717) is 11.3 Å². The third-order valence-electron chi connectivity index (χ3n) is 5.91. The maximum absolute atomic E-state index is 15.4. The van der Waals surface area contributed by atoms with Gasteiger partial charge in [-0.3, -0.25) is 0 Å². The number of hydrogen-bond acceptors (Lipinski definition) is 2. The van der Waals surface area contributed by atoms with E-state index < -0.39 is 13.9 Å². The summed E-state index contributed by atoms with van der Waals surface area (Å²) >= 11 is 0. The topological polar surface area (TPSA) is 21.6 Å². The molecule has 0 aromatic heterocycles. The van der Waals surface area contributed by atoms with Crippen molar-refractivity contribution in [3.8, 4) is 0 Å². The molecule has 1 fully saturated rings. The maximum Gasteiger partial charge on any atom is 0.188 e. The Kier molecular flexibility index (Phi) is 6.43. The molecule has 172 valence electrons. The van der Waals surface area contributed by atoms with Crippen molar-refractivity contribution in [2.45, 2.75) is 58.4 Å². The number of halogens is 1. The lowest BCUT2D eigenvalue weighted by Crippen LogP contribution is -2.39. The Labute approximate surface area is 198 Å². The number of benzene rings is 3. The van der Waals surface area contributed by atoms with Crippen LogP contribution in [-0.2, 0) is 10.0 Å². The molecule has 0 N–H and O–H groups in total. The third kappa shape index (κ3) is 5.87. The Morgan fingerprint density at radius 3 is 1.91 bits per heavy atom. The Hall–Kier alpha value is -2.56. The first-order valence-electron chi connectivity index (χ1n) is 11.8. The van der Waals surface area contributed by atoms with E-state index in [1.165, 1.54) is 0 Å². The highest BCUT2D eigenvalue weighted by molar-refractivity contribution is 6.71. The SMILES string of the molecule is CC(C)(C)C[Si](C)(C)OC1(c2ccc(N=C(c3ccccc3)c3ccccc3)cc2F)CC1. The molecule has 0 atom stereocenters. The standard InChI is InChI=1S/C29H34FNOSi/c1-28(2,3)21-33(4,5)32-29(18-19-29)25-17-16-24(20-26(25)30)31-27(22-12-8-6-9-13-22)23-14-10-7-11-15-23/h6-17,20H,18-19,21H2,1-5H3. The second-order valence-electron chi connectivity index (χ2n) is 11.0. The van der Waals surface area contributed by atoms with Gasteiger partial charge in [-0.25, -0.2) is 9.38 Å². The van der Waals surface area contributed by atoms with Crippen molar-refractivity contribution >= 4 is 19.7 Å². The molecule has 1 aliphatic rings. The van der Waals surface area contributed by atoms with E-state index in [-0.39, 0.29) is 11.2 Å². The Morgan fingerprint density at radius 2 is 1.45 bits per heavy atom. The van der Waals surface area contributed by atoms with Crippen LogP contribution in [0.15, 0.2) is 83.9 Å². The molecule has 0 aliphatic heterocycles. The van der Waals surface area contributed by atoms with Crippen LogP contribution in [0.3, 0.4) is 0 Å². The number of nitrogens with zero attached hydrogens (tertiary/aromatic N) is 1. The van der Waals surface area contributed by atoms with E-state index in [1.807, 2.05) is 72.8 Å². The van der Waals surface area contributed by atoms with Crippen LogP contribution in [0.2, 0.25) is 19.1 Å². The summed E-state index contributed by atoms with van der Waals surface area (Å²) in [5.74, 6) is -0.227. The van der Waals surface area contributed by atoms with E-state index >= 15 is 4.39 Å². The van der Waals surface area contributed by atoms with Gasteiger partial charge in [0.15, 0.2) is 8.32 Å². The minimum absolute atomic E-state index is 0.203. The molecule has 1 aliphatic carbocycles. The van der Waals surface area contributed by atoms with Gasteiger partial charge in [-0.2, -0.15) is 0 Å². The lowest BCUT2D eigenvalue weighted by Gasteiger charge is -2.34. The minimum atomic E-state index is -1.94. The lowest BCUT2D eigenvalue weighted by molar-refractivity contribution is 0.159. The average molecular weight is 460 g/mol. The predicted molar refractivity (Wildman–Crippen MR) is 138 cm³/mol. The second kappa shape index (κ2) is 9.00. The molecule has 0 amide bonds. The van der Waals surface area contributed by atoms with E-state index in [4.69, 9.17) is 9.42 Å². The smallest absolute Gasteiger partial charge is 0.188 e. The summed E-state index contributed by atoms with van der Waals surface area (Å²) in [4.78, 5) is 4.87. The third-order valence-corrected chi connectivity index (χ3v) is 8.77. The molecule has 0 radical (unpaired) electrons. The van der Waals surface area contributed by atoms with Gasteiger partial charge in [-0.05, 0) is 49.5 Å². The first kappa shape index (κ1) is 23.6. The lowest BCUT2D eigenvalue weighted by atomic mass is 10.0.